The minimum absolute atomic E-state index is 0.524. The van der Waals surface area contributed by atoms with Crippen LogP contribution in [0.3, 0.4) is 0 Å². The van der Waals surface area contributed by atoms with Crippen molar-refractivity contribution >= 4 is 34.8 Å². The zero-order valence-electron chi connectivity index (χ0n) is 11.0. The third-order valence-corrected chi connectivity index (χ3v) is 4.14. The van der Waals surface area contributed by atoms with Gasteiger partial charge in [-0.05, 0) is 42.8 Å². The second-order valence-electron chi connectivity index (χ2n) is 4.50. The Kier molecular flexibility index (Phi) is 3.89. The predicted molar refractivity (Wildman–Crippen MR) is 86.6 cm³/mol. The first-order chi connectivity index (χ1) is 10.1. The van der Waals surface area contributed by atoms with Crippen molar-refractivity contribution in [1.82, 2.24) is 14.8 Å². The summed E-state index contributed by atoms with van der Waals surface area (Å²) in [4.78, 5) is 4.31. The van der Waals surface area contributed by atoms with Crippen molar-refractivity contribution in [2.75, 3.05) is 0 Å². The van der Waals surface area contributed by atoms with Gasteiger partial charge in [-0.1, -0.05) is 40.9 Å². The van der Waals surface area contributed by atoms with Gasteiger partial charge in [0.2, 0.25) is 0 Å². The second kappa shape index (κ2) is 5.68. The molecule has 0 unspecified atom stereocenters. The van der Waals surface area contributed by atoms with Crippen molar-refractivity contribution in [1.29, 1.82) is 0 Å². The summed E-state index contributed by atoms with van der Waals surface area (Å²) in [6.45, 7) is 1.94. The Hall–Kier alpha value is -1.55. The number of hydrogen-bond acceptors (Lipinski definition) is 2. The Balaban J connectivity index is 2.20. The summed E-state index contributed by atoms with van der Waals surface area (Å²) in [5.74, 6) is 0.641. The molecule has 0 saturated carbocycles. The van der Waals surface area contributed by atoms with E-state index in [1.807, 2.05) is 31.2 Å². The van der Waals surface area contributed by atoms with Gasteiger partial charge in [-0.15, -0.1) is 0 Å². The van der Waals surface area contributed by atoms with E-state index in [1.54, 1.807) is 16.8 Å². The molecule has 21 heavy (non-hydrogen) atoms. The summed E-state index contributed by atoms with van der Waals surface area (Å²) in [6.07, 6.45) is 1.49. The van der Waals surface area contributed by atoms with Gasteiger partial charge in [0.1, 0.15) is 6.33 Å². The highest BCUT2D eigenvalue weighted by Crippen LogP contribution is 2.31. The highest BCUT2D eigenvalue weighted by atomic mass is 35.5. The van der Waals surface area contributed by atoms with Crippen molar-refractivity contribution in [2.24, 2.45) is 0 Å². The molecule has 0 amide bonds. The number of hydrogen-bond donors (Lipinski definition) is 0. The molecule has 3 nitrogen and oxygen atoms in total. The zero-order chi connectivity index (χ0) is 15.0. The van der Waals surface area contributed by atoms with E-state index >= 15 is 0 Å². The molecular weight excluding hydrogens is 329 g/mol. The van der Waals surface area contributed by atoms with Crippen LogP contribution in [0.5, 0.6) is 0 Å². The lowest BCUT2D eigenvalue weighted by Gasteiger charge is -2.11. The molecule has 106 valence electrons. The van der Waals surface area contributed by atoms with Gasteiger partial charge in [0, 0.05) is 15.6 Å². The molecule has 1 aromatic heterocycles. The Bertz CT molecular complexity index is 812. The van der Waals surface area contributed by atoms with E-state index in [0.717, 1.165) is 16.8 Å². The summed E-state index contributed by atoms with van der Waals surface area (Å²) in [5, 5.41) is 6.06. The molecule has 1 heterocycles. The second-order valence-corrected chi connectivity index (χ2v) is 5.75. The summed E-state index contributed by atoms with van der Waals surface area (Å²) in [7, 11) is 0. The van der Waals surface area contributed by atoms with Gasteiger partial charge in [-0.3, -0.25) is 0 Å². The van der Waals surface area contributed by atoms with Gasteiger partial charge < -0.3 is 0 Å². The molecule has 0 aliphatic heterocycles. The van der Waals surface area contributed by atoms with E-state index in [-0.39, 0.29) is 0 Å². The predicted octanol–water partition coefficient (Wildman–Crippen LogP) is 5.20. The molecule has 0 fully saturated rings. The van der Waals surface area contributed by atoms with Crippen LogP contribution < -0.4 is 0 Å². The maximum absolute atomic E-state index is 6.26. The fourth-order valence-corrected chi connectivity index (χ4v) is 2.76. The standard InChI is InChI=1S/C15H10Cl3N3/c1-9-12(17)3-2-4-14(9)21-15(19-8-20-21)11-6-5-10(16)7-13(11)18/h2-8H,1H3. The summed E-state index contributed by atoms with van der Waals surface area (Å²) < 4.78 is 1.72. The fourth-order valence-electron chi connectivity index (χ4n) is 2.10. The number of halogens is 3. The van der Waals surface area contributed by atoms with E-state index in [1.165, 1.54) is 6.33 Å². The van der Waals surface area contributed by atoms with Gasteiger partial charge in [0.15, 0.2) is 5.82 Å². The Labute approximate surface area is 137 Å². The van der Waals surface area contributed by atoms with E-state index in [0.29, 0.717) is 20.9 Å². The van der Waals surface area contributed by atoms with Crippen molar-refractivity contribution in [3.63, 3.8) is 0 Å². The molecule has 0 aliphatic rings. The first-order valence-corrected chi connectivity index (χ1v) is 7.32. The lowest BCUT2D eigenvalue weighted by atomic mass is 10.1. The molecule has 0 bridgehead atoms. The number of rotatable bonds is 2. The Morgan fingerprint density at radius 2 is 1.81 bits per heavy atom. The fraction of sp³-hybridized carbons (Fsp3) is 0.0667. The number of nitrogens with zero attached hydrogens (tertiary/aromatic N) is 3. The molecule has 3 aromatic rings. The van der Waals surface area contributed by atoms with E-state index in [2.05, 4.69) is 10.1 Å². The normalized spacial score (nSPS) is 10.9. The average Bonchev–Trinajstić information content (AvgIpc) is 2.91. The van der Waals surface area contributed by atoms with Crippen molar-refractivity contribution in [3.8, 4) is 17.1 Å². The van der Waals surface area contributed by atoms with Crippen LogP contribution in [0.1, 0.15) is 5.56 Å². The van der Waals surface area contributed by atoms with Crippen LogP contribution in [0.2, 0.25) is 15.1 Å². The Morgan fingerprint density at radius 1 is 1.00 bits per heavy atom. The SMILES string of the molecule is Cc1c(Cl)cccc1-n1ncnc1-c1ccc(Cl)cc1Cl. The van der Waals surface area contributed by atoms with Gasteiger partial charge in [-0.2, -0.15) is 5.10 Å². The molecule has 0 spiro atoms. The first kappa shape index (κ1) is 14.4. The minimum atomic E-state index is 0.524. The third kappa shape index (κ3) is 2.64. The smallest absolute Gasteiger partial charge is 0.164 e. The molecule has 2 aromatic carbocycles. The number of aromatic nitrogens is 3. The molecule has 3 rings (SSSR count). The highest BCUT2D eigenvalue weighted by Gasteiger charge is 2.15. The van der Waals surface area contributed by atoms with E-state index in [9.17, 15) is 0 Å². The largest absolute Gasteiger partial charge is 0.215 e. The molecule has 0 saturated heterocycles. The summed E-state index contributed by atoms with van der Waals surface area (Å²) in [6, 6.07) is 10.9. The number of benzene rings is 2. The zero-order valence-corrected chi connectivity index (χ0v) is 13.3. The van der Waals surface area contributed by atoms with E-state index in [4.69, 9.17) is 34.8 Å². The van der Waals surface area contributed by atoms with Crippen molar-refractivity contribution in [3.05, 3.63) is 63.4 Å². The first-order valence-electron chi connectivity index (χ1n) is 6.19. The van der Waals surface area contributed by atoms with Crippen LogP contribution in [0.4, 0.5) is 0 Å². The van der Waals surface area contributed by atoms with Crippen molar-refractivity contribution in [2.45, 2.75) is 6.92 Å². The topological polar surface area (TPSA) is 30.7 Å². The average molecular weight is 339 g/mol. The molecular formula is C15H10Cl3N3. The maximum Gasteiger partial charge on any atom is 0.164 e. The van der Waals surface area contributed by atoms with Crippen LogP contribution in [0, 0.1) is 6.92 Å². The van der Waals surface area contributed by atoms with Crippen LogP contribution in [-0.2, 0) is 0 Å². The molecule has 0 radical (unpaired) electrons. The quantitative estimate of drug-likeness (QED) is 0.642. The maximum atomic E-state index is 6.26. The molecule has 0 N–H and O–H groups in total. The van der Waals surface area contributed by atoms with Gasteiger partial charge in [0.25, 0.3) is 0 Å². The molecule has 0 atom stereocenters. The monoisotopic (exact) mass is 337 g/mol. The van der Waals surface area contributed by atoms with Gasteiger partial charge in [0.05, 0.1) is 10.7 Å². The van der Waals surface area contributed by atoms with Gasteiger partial charge in [-0.25, -0.2) is 9.67 Å². The summed E-state index contributed by atoms with van der Waals surface area (Å²) in [5.41, 5.74) is 2.55. The van der Waals surface area contributed by atoms with Crippen LogP contribution >= 0.6 is 34.8 Å². The Morgan fingerprint density at radius 3 is 2.57 bits per heavy atom. The van der Waals surface area contributed by atoms with Crippen LogP contribution in [-0.4, -0.2) is 14.8 Å². The van der Waals surface area contributed by atoms with E-state index < -0.39 is 0 Å². The minimum Gasteiger partial charge on any atom is -0.215 e. The van der Waals surface area contributed by atoms with Crippen LogP contribution in [0.25, 0.3) is 17.1 Å². The van der Waals surface area contributed by atoms with Gasteiger partial charge >= 0.3 is 0 Å². The lowest BCUT2D eigenvalue weighted by molar-refractivity contribution is 0.879. The highest BCUT2D eigenvalue weighted by molar-refractivity contribution is 6.36. The molecule has 0 aliphatic carbocycles. The van der Waals surface area contributed by atoms with Crippen LogP contribution in [0.15, 0.2) is 42.7 Å². The third-order valence-electron chi connectivity index (χ3n) is 3.19. The lowest BCUT2D eigenvalue weighted by Crippen LogP contribution is -2.02. The molecule has 6 heteroatoms. The van der Waals surface area contributed by atoms with Crippen molar-refractivity contribution < 1.29 is 0 Å². The summed E-state index contributed by atoms with van der Waals surface area (Å²) >= 11 is 18.4.